The molecule has 0 radical (unpaired) electrons. The number of nitrogens with two attached hydrogens (primary N) is 1. The summed E-state index contributed by atoms with van der Waals surface area (Å²) in [4.78, 5) is 11.3. The van der Waals surface area contributed by atoms with Gasteiger partial charge in [0.1, 0.15) is 0 Å². The molecule has 1 aromatic rings. The zero-order chi connectivity index (χ0) is 14.1. The molecule has 0 bridgehead atoms. The van der Waals surface area contributed by atoms with Gasteiger partial charge < -0.3 is 15.5 Å². The average Bonchev–Trinajstić information content (AvgIpc) is 3.23. The fourth-order valence-corrected chi connectivity index (χ4v) is 4.26. The number of hydrogen-bond donors (Lipinski definition) is 1. The third kappa shape index (κ3) is 2.85. The summed E-state index contributed by atoms with van der Waals surface area (Å²) in [6.07, 6.45) is 5.01. The van der Waals surface area contributed by atoms with Crippen LogP contribution in [-0.4, -0.2) is 42.6 Å². The van der Waals surface area contributed by atoms with Crippen LogP contribution in [0, 0.1) is 0 Å². The first-order chi connectivity index (χ1) is 9.72. The molecule has 1 unspecified atom stereocenters. The van der Waals surface area contributed by atoms with Crippen molar-refractivity contribution in [2.75, 3.05) is 31.6 Å². The molecule has 5 heteroatoms. The highest BCUT2D eigenvalue weighted by atomic mass is 32.1. The zero-order valence-electron chi connectivity index (χ0n) is 12.6. The molecular formula is C15H26N4S. The van der Waals surface area contributed by atoms with Crippen LogP contribution in [0.4, 0.5) is 5.13 Å². The molecular weight excluding hydrogens is 268 g/mol. The first-order valence-electron chi connectivity index (χ1n) is 7.87. The van der Waals surface area contributed by atoms with E-state index in [9.17, 15) is 0 Å². The highest BCUT2D eigenvalue weighted by Gasteiger charge is 2.31. The lowest BCUT2D eigenvalue weighted by molar-refractivity contribution is 0.328. The highest BCUT2D eigenvalue weighted by Crippen LogP contribution is 2.44. The lowest BCUT2D eigenvalue weighted by Crippen LogP contribution is -2.39. The highest BCUT2D eigenvalue weighted by molar-refractivity contribution is 7.15. The van der Waals surface area contributed by atoms with E-state index in [-0.39, 0.29) is 0 Å². The Morgan fingerprint density at radius 1 is 1.35 bits per heavy atom. The fourth-order valence-electron chi connectivity index (χ4n) is 3.14. The molecule has 2 aliphatic rings. The van der Waals surface area contributed by atoms with Crippen molar-refractivity contribution in [3.63, 3.8) is 0 Å². The number of aromatic nitrogens is 1. The largest absolute Gasteiger partial charge is 0.344 e. The van der Waals surface area contributed by atoms with Gasteiger partial charge in [0.15, 0.2) is 5.13 Å². The Balaban J connectivity index is 1.85. The maximum Gasteiger partial charge on any atom is 0.186 e. The van der Waals surface area contributed by atoms with E-state index >= 15 is 0 Å². The minimum absolute atomic E-state index is 0.589. The van der Waals surface area contributed by atoms with Gasteiger partial charge in [-0.25, -0.2) is 4.98 Å². The number of rotatable bonds is 4. The molecule has 1 atom stereocenters. The summed E-state index contributed by atoms with van der Waals surface area (Å²) in [5.41, 5.74) is 7.23. The first kappa shape index (κ1) is 14.3. The van der Waals surface area contributed by atoms with Crippen LogP contribution in [0.25, 0.3) is 0 Å². The summed E-state index contributed by atoms with van der Waals surface area (Å²) < 4.78 is 0. The van der Waals surface area contributed by atoms with Crippen LogP contribution < -0.4 is 10.6 Å². The Bertz CT molecular complexity index is 455. The van der Waals surface area contributed by atoms with Gasteiger partial charge in [0.2, 0.25) is 0 Å². The molecule has 4 nitrogen and oxygen atoms in total. The van der Waals surface area contributed by atoms with Crippen LogP contribution in [0.5, 0.6) is 0 Å². The van der Waals surface area contributed by atoms with Crippen molar-refractivity contribution in [1.29, 1.82) is 0 Å². The van der Waals surface area contributed by atoms with Crippen molar-refractivity contribution >= 4 is 16.5 Å². The minimum atomic E-state index is 0.589. The van der Waals surface area contributed by atoms with Crippen LogP contribution in [-0.2, 0) is 6.54 Å². The summed E-state index contributed by atoms with van der Waals surface area (Å²) in [6.45, 7) is 6.40. The third-order valence-corrected chi connectivity index (χ3v) is 5.62. The summed E-state index contributed by atoms with van der Waals surface area (Å²) >= 11 is 1.84. The Hall–Kier alpha value is -0.650. The van der Waals surface area contributed by atoms with E-state index in [2.05, 4.69) is 23.8 Å². The Kier molecular flexibility index (Phi) is 4.29. The van der Waals surface area contributed by atoms with Gasteiger partial charge >= 0.3 is 0 Å². The minimum Gasteiger partial charge on any atom is -0.344 e. The SMILES string of the molecule is CCC1CN(C)CCCN1c1nc(C2CC2)c(CN)s1. The van der Waals surface area contributed by atoms with Gasteiger partial charge in [0, 0.05) is 36.5 Å². The number of hydrogen-bond acceptors (Lipinski definition) is 5. The lowest BCUT2D eigenvalue weighted by Gasteiger charge is -2.29. The van der Waals surface area contributed by atoms with Gasteiger partial charge in [-0.3, -0.25) is 0 Å². The molecule has 2 heterocycles. The predicted octanol–water partition coefficient (Wildman–Crippen LogP) is 2.40. The van der Waals surface area contributed by atoms with E-state index in [1.807, 2.05) is 11.3 Å². The molecule has 0 aromatic carbocycles. The standard InChI is InChI=1S/C15H26N4S/c1-3-12-10-18(2)7-4-8-19(12)15-17-14(11-5-6-11)13(9-16)20-15/h11-12H,3-10,16H2,1-2H3. The maximum atomic E-state index is 5.92. The normalized spacial score (nSPS) is 24.9. The van der Waals surface area contributed by atoms with Crippen molar-refractivity contribution in [3.8, 4) is 0 Å². The molecule has 0 spiro atoms. The maximum absolute atomic E-state index is 5.92. The topological polar surface area (TPSA) is 45.4 Å². The van der Waals surface area contributed by atoms with Crippen molar-refractivity contribution in [2.24, 2.45) is 5.73 Å². The zero-order valence-corrected chi connectivity index (χ0v) is 13.5. The average molecular weight is 294 g/mol. The molecule has 20 heavy (non-hydrogen) atoms. The Morgan fingerprint density at radius 3 is 2.80 bits per heavy atom. The van der Waals surface area contributed by atoms with Gasteiger partial charge in [-0.15, -0.1) is 11.3 Å². The van der Waals surface area contributed by atoms with Gasteiger partial charge in [-0.05, 0) is 39.3 Å². The van der Waals surface area contributed by atoms with E-state index in [4.69, 9.17) is 10.7 Å². The Labute approximate surface area is 126 Å². The molecule has 112 valence electrons. The third-order valence-electron chi connectivity index (χ3n) is 4.48. The number of thiazole rings is 1. The fraction of sp³-hybridized carbons (Fsp3) is 0.800. The van der Waals surface area contributed by atoms with E-state index in [1.165, 1.54) is 47.9 Å². The molecule has 1 saturated heterocycles. The lowest BCUT2D eigenvalue weighted by atomic mass is 10.2. The number of likely N-dealkylation sites (N-methyl/N-ethyl adjacent to an activating group) is 1. The molecule has 1 aliphatic carbocycles. The van der Waals surface area contributed by atoms with Crippen LogP contribution in [0.2, 0.25) is 0 Å². The van der Waals surface area contributed by atoms with E-state index in [1.54, 1.807) is 0 Å². The molecule has 1 aromatic heterocycles. The number of nitrogens with zero attached hydrogens (tertiary/aromatic N) is 3. The van der Waals surface area contributed by atoms with Gasteiger partial charge in [-0.1, -0.05) is 6.92 Å². The van der Waals surface area contributed by atoms with Crippen LogP contribution in [0.1, 0.15) is 49.1 Å². The van der Waals surface area contributed by atoms with E-state index < -0.39 is 0 Å². The Morgan fingerprint density at radius 2 is 2.15 bits per heavy atom. The van der Waals surface area contributed by atoms with Crippen molar-refractivity contribution in [1.82, 2.24) is 9.88 Å². The second-order valence-electron chi connectivity index (χ2n) is 6.15. The molecule has 3 rings (SSSR count). The second kappa shape index (κ2) is 6.00. The molecule has 0 amide bonds. The summed E-state index contributed by atoms with van der Waals surface area (Å²) in [5, 5.41) is 1.22. The van der Waals surface area contributed by atoms with Crippen LogP contribution >= 0.6 is 11.3 Å². The van der Waals surface area contributed by atoms with E-state index in [0.29, 0.717) is 18.5 Å². The van der Waals surface area contributed by atoms with Gasteiger partial charge in [0.05, 0.1) is 5.69 Å². The van der Waals surface area contributed by atoms with Gasteiger partial charge in [-0.2, -0.15) is 0 Å². The molecule has 2 fully saturated rings. The van der Waals surface area contributed by atoms with Crippen molar-refractivity contribution < 1.29 is 0 Å². The molecule has 2 N–H and O–H groups in total. The molecule has 1 saturated carbocycles. The molecule has 1 aliphatic heterocycles. The van der Waals surface area contributed by atoms with Crippen LogP contribution in [0.3, 0.4) is 0 Å². The predicted molar refractivity (Wildman–Crippen MR) is 85.5 cm³/mol. The quantitative estimate of drug-likeness (QED) is 0.926. The van der Waals surface area contributed by atoms with E-state index in [0.717, 1.165) is 13.1 Å². The summed E-state index contributed by atoms with van der Waals surface area (Å²) in [7, 11) is 2.23. The van der Waals surface area contributed by atoms with Gasteiger partial charge in [0.25, 0.3) is 0 Å². The smallest absolute Gasteiger partial charge is 0.186 e. The number of anilines is 1. The van der Waals surface area contributed by atoms with Crippen molar-refractivity contribution in [3.05, 3.63) is 10.6 Å². The summed E-state index contributed by atoms with van der Waals surface area (Å²) in [6, 6.07) is 0.589. The van der Waals surface area contributed by atoms with Crippen molar-refractivity contribution in [2.45, 2.75) is 51.1 Å². The second-order valence-corrected chi connectivity index (χ2v) is 7.22. The summed E-state index contributed by atoms with van der Waals surface area (Å²) in [5.74, 6) is 0.702. The first-order valence-corrected chi connectivity index (χ1v) is 8.69. The van der Waals surface area contributed by atoms with Crippen LogP contribution in [0.15, 0.2) is 0 Å². The monoisotopic (exact) mass is 294 g/mol.